The number of aliphatic hydroxyl groups excluding tert-OH is 1. The second-order valence-electron chi connectivity index (χ2n) is 4.88. The fourth-order valence-corrected chi connectivity index (χ4v) is 1.60. The maximum atomic E-state index is 10.3. The first-order valence-corrected chi connectivity index (χ1v) is 5.34. The SMILES string of the molecule is Cc1cccc(C(O)C(C)(C)CN)c1C. The summed E-state index contributed by atoms with van der Waals surface area (Å²) in [6.45, 7) is 8.54. The topological polar surface area (TPSA) is 46.2 Å². The molecule has 1 atom stereocenters. The van der Waals surface area contributed by atoms with Crippen molar-refractivity contribution in [2.24, 2.45) is 11.1 Å². The van der Waals surface area contributed by atoms with Crippen LogP contribution in [0.4, 0.5) is 0 Å². The van der Waals surface area contributed by atoms with Crippen molar-refractivity contribution in [3.8, 4) is 0 Å². The van der Waals surface area contributed by atoms with Crippen molar-refractivity contribution >= 4 is 0 Å². The van der Waals surface area contributed by atoms with E-state index in [1.54, 1.807) is 0 Å². The highest BCUT2D eigenvalue weighted by Gasteiger charge is 2.28. The lowest BCUT2D eigenvalue weighted by Crippen LogP contribution is -2.31. The molecule has 0 amide bonds. The Kier molecular flexibility index (Phi) is 3.53. The number of hydrogen-bond acceptors (Lipinski definition) is 2. The highest BCUT2D eigenvalue weighted by molar-refractivity contribution is 5.35. The Morgan fingerprint density at radius 2 is 1.93 bits per heavy atom. The Labute approximate surface area is 92.1 Å². The van der Waals surface area contributed by atoms with Crippen LogP contribution in [0.25, 0.3) is 0 Å². The summed E-state index contributed by atoms with van der Waals surface area (Å²) >= 11 is 0. The summed E-state index contributed by atoms with van der Waals surface area (Å²) in [5.41, 5.74) is 8.75. The third kappa shape index (κ3) is 2.39. The summed E-state index contributed by atoms with van der Waals surface area (Å²) in [4.78, 5) is 0. The molecule has 1 unspecified atom stereocenters. The van der Waals surface area contributed by atoms with Crippen molar-refractivity contribution in [1.82, 2.24) is 0 Å². The van der Waals surface area contributed by atoms with Crippen LogP contribution >= 0.6 is 0 Å². The van der Waals surface area contributed by atoms with E-state index in [0.717, 1.165) is 11.1 Å². The van der Waals surface area contributed by atoms with Crippen LogP contribution in [0.2, 0.25) is 0 Å². The van der Waals surface area contributed by atoms with Gasteiger partial charge in [-0.25, -0.2) is 0 Å². The van der Waals surface area contributed by atoms with Crippen LogP contribution in [0, 0.1) is 19.3 Å². The first kappa shape index (κ1) is 12.2. The normalized spacial score (nSPS) is 14.0. The van der Waals surface area contributed by atoms with E-state index < -0.39 is 6.10 Å². The monoisotopic (exact) mass is 207 g/mol. The van der Waals surface area contributed by atoms with Crippen molar-refractivity contribution in [1.29, 1.82) is 0 Å². The predicted octanol–water partition coefficient (Wildman–Crippen LogP) is 2.32. The molecule has 0 bridgehead atoms. The van der Waals surface area contributed by atoms with Crippen LogP contribution in [0.15, 0.2) is 18.2 Å². The van der Waals surface area contributed by atoms with Gasteiger partial charge in [0.05, 0.1) is 6.10 Å². The van der Waals surface area contributed by atoms with Crippen molar-refractivity contribution in [3.05, 3.63) is 34.9 Å². The van der Waals surface area contributed by atoms with E-state index >= 15 is 0 Å². The molecule has 1 rings (SSSR count). The molecule has 15 heavy (non-hydrogen) atoms. The van der Waals surface area contributed by atoms with Gasteiger partial charge in [0.1, 0.15) is 0 Å². The third-order valence-corrected chi connectivity index (χ3v) is 3.21. The molecule has 0 saturated heterocycles. The van der Waals surface area contributed by atoms with E-state index in [4.69, 9.17) is 5.73 Å². The van der Waals surface area contributed by atoms with Crippen molar-refractivity contribution in [3.63, 3.8) is 0 Å². The van der Waals surface area contributed by atoms with E-state index in [-0.39, 0.29) is 5.41 Å². The number of benzene rings is 1. The van der Waals surface area contributed by atoms with Crippen molar-refractivity contribution in [2.75, 3.05) is 6.54 Å². The minimum atomic E-state index is -0.498. The lowest BCUT2D eigenvalue weighted by molar-refractivity contribution is 0.0549. The second-order valence-corrected chi connectivity index (χ2v) is 4.88. The lowest BCUT2D eigenvalue weighted by Gasteiger charge is -2.30. The first-order valence-electron chi connectivity index (χ1n) is 5.34. The van der Waals surface area contributed by atoms with Gasteiger partial charge in [-0.3, -0.25) is 0 Å². The Morgan fingerprint density at radius 3 is 2.47 bits per heavy atom. The van der Waals surface area contributed by atoms with Crippen LogP contribution < -0.4 is 5.73 Å². The molecule has 2 nitrogen and oxygen atoms in total. The van der Waals surface area contributed by atoms with Gasteiger partial charge >= 0.3 is 0 Å². The van der Waals surface area contributed by atoms with Crippen LogP contribution in [0.3, 0.4) is 0 Å². The molecule has 1 aromatic rings. The highest BCUT2D eigenvalue weighted by atomic mass is 16.3. The molecule has 0 radical (unpaired) electrons. The molecule has 2 heteroatoms. The molecule has 1 aromatic carbocycles. The van der Waals surface area contributed by atoms with E-state index in [1.807, 2.05) is 32.9 Å². The summed E-state index contributed by atoms with van der Waals surface area (Å²) in [5.74, 6) is 0. The van der Waals surface area contributed by atoms with E-state index in [1.165, 1.54) is 5.56 Å². The van der Waals surface area contributed by atoms with Gasteiger partial charge in [0.2, 0.25) is 0 Å². The molecule has 0 aliphatic heterocycles. The zero-order chi connectivity index (χ0) is 11.6. The van der Waals surface area contributed by atoms with E-state index in [0.29, 0.717) is 6.54 Å². The van der Waals surface area contributed by atoms with Gasteiger partial charge in [-0.1, -0.05) is 32.0 Å². The molecule has 0 aromatic heterocycles. The fraction of sp³-hybridized carbons (Fsp3) is 0.538. The van der Waals surface area contributed by atoms with Crippen LogP contribution in [-0.2, 0) is 0 Å². The smallest absolute Gasteiger partial charge is 0.0855 e. The third-order valence-electron chi connectivity index (χ3n) is 3.21. The number of hydrogen-bond donors (Lipinski definition) is 2. The Balaban J connectivity index is 3.12. The van der Waals surface area contributed by atoms with Gasteiger partial charge in [0.25, 0.3) is 0 Å². The summed E-state index contributed by atoms with van der Waals surface area (Å²) in [5, 5.41) is 10.3. The molecule has 0 fully saturated rings. The fourth-order valence-electron chi connectivity index (χ4n) is 1.60. The zero-order valence-electron chi connectivity index (χ0n) is 10.0. The van der Waals surface area contributed by atoms with Crippen molar-refractivity contribution < 1.29 is 5.11 Å². The number of aliphatic hydroxyl groups is 1. The second kappa shape index (κ2) is 4.33. The minimum absolute atomic E-state index is 0.279. The molecule has 0 spiro atoms. The highest BCUT2D eigenvalue weighted by Crippen LogP contribution is 2.34. The number of nitrogens with two attached hydrogens (primary N) is 1. The summed E-state index contributed by atoms with van der Waals surface area (Å²) in [7, 11) is 0. The lowest BCUT2D eigenvalue weighted by atomic mass is 9.81. The summed E-state index contributed by atoms with van der Waals surface area (Å²) in [6.07, 6.45) is -0.498. The standard InChI is InChI=1S/C13H21NO/c1-9-6-5-7-11(10(9)2)12(15)13(3,4)8-14/h5-7,12,15H,8,14H2,1-4H3. The van der Waals surface area contributed by atoms with Gasteiger partial charge in [-0.2, -0.15) is 0 Å². The maximum Gasteiger partial charge on any atom is 0.0855 e. The van der Waals surface area contributed by atoms with Gasteiger partial charge in [-0.05, 0) is 30.5 Å². The van der Waals surface area contributed by atoms with Gasteiger partial charge < -0.3 is 10.8 Å². The largest absolute Gasteiger partial charge is 0.388 e. The molecule has 84 valence electrons. The Bertz CT molecular complexity index is 344. The molecule has 3 N–H and O–H groups in total. The molecular formula is C13H21NO. The van der Waals surface area contributed by atoms with Gasteiger partial charge in [-0.15, -0.1) is 0 Å². The average Bonchev–Trinajstić information content (AvgIpc) is 2.21. The average molecular weight is 207 g/mol. The molecular weight excluding hydrogens is 186 g/mol. The van der Waals surface area contributed by atoms with Crippen molar-refractivity contribution in [2.45, 2.75) is 33.8 Å². The molecule has 0 aliphatic rings. The molecule has 0 aliphatic carbocycles. The van der Waals surface area contributed by atoms with Crippen LogP contribution in [0.1, 0.15) is 36.6 Å². The minimum Gasteiger partial charge on any atom is -0.388 e. The zero-order valence-corrected chi connectivity index (χ0v) is 10.0. The Morgan fingerprint density at radius 1 is 1.33 bits per heavy atom. The summed E-state index contributed by atoms with van der Waals surface area (Å²) < 4.78 is 0. The summed E-state index contributed by atoms with van der Waals surface area (Å²) in [6, 6.07) is 6.01. The molecule has 0 heterocycles. The van der Waals surface area contributed by atoms with Crippen LogP contribution in [0.5, 0.6) is 0 Å². The molecule has 0 saturated carbocycles. The quantitative estimate of drug-likeness (QED) is 0.799. The van der Waals surface area contributed by atoms with Gasteiger partial charge in [0, 0.05) is 12.0 Å². The number of aryl methyl sites for hydroxylation is 1. The van der Waals surface area contributed by atoms with Crippen LogP contribution in [-0.4, -0.2) is 11.7 Å². The first-order chi connectivity index (χ1) is 6.90. The van der Waals surface area contributed by atoms with Gasteiger partial charge in [0.15, 0.2) is 0 Å². The number of rotatable bonds is 3. The predicted molar refractivity (Wildman–Crippen MR) is 63.7 cm³/mol. The maximum absolute atomic E-state index is 10.3. The Hall–Kier alpha value is -0.860. The van der Waals surface area contributed by atoms with E-state index in [2.05, 4.69) is 13.0 Å². The van der Waals surface area contributed by atoms with E-state index in [9.17, 15) is 5.11 Å².